The standard InChI is InChI=1S/C21H23N3O2/c1-4-15-6-5-7-17(10-15)23-20-13(2)21(26)24(14(3)25)19-9-8-16(12-22)11-18(19)20/h5-11,13,20-21,23,26H,4H2,1-3H3/t13-,20-,21+/m1/s1. The van der Waals surface area contributed by atoms with Gasteiger partial charge in [0.1, 0.15) is 6.23 Å². The van der Waals surface area contributed by atoms with Crippen molar-refractivity contribution in [2.45, 2.75) is 39.5 Å². The highest BCUT2D eigenvalue weighted by molar-refractivity contribution is 5.93. The number of anilines is 2. The van der Waals surface area contributed by atoms with Crippen LogP contribution in [0.15, 0.2) is 42.5 Å². The van der Waals surface area contributed by atoms with E-state index in [9.17, 15) is 15.2 Å². The van der Waals surface area contributed by atoms with Gasteiger partial charge in [-0.3, -0.25) is 9.69 Å². The molecule has 1 aliphatic heterocycles. The summed E-state index contributed by atoms with van der Waals surface area (Å²) < 4.78 is 0. The number of amides is 1. The topological polar surface area (TPSA) is 76.4 Å². The third-order valence-corrected chi connectivity index (χ3v) is 5.01. The molecule has 0 radical (unpaired) electrons. The number of nitrogens with one attached hydrogen (secondary N) is 1. The Hall–Kier alpha value is -2.84. The van der Waals surface area contributed by atoms with E-state index in [1.54, 1.807) is 18.2 Å². The van der Waals surface area contributed by atoms with Crippen LogP contribution in [-0.2, 0) is 11.2 Å². The zero-order chi connectivity index (χ0) is 18.8. The van der Waals surface area contributed by atoms with Crippen LogP contribution in [-0.4, -0.2) is 17.2 Å². The molecular formula is C21H23N3O2. The van der Waals surface area contributed by atoms with Crippen LogP contribution in [0.3, 0.4) is 0 Å². The molecule has 0 unspecified atom stereocenters. The Bertz CT molecular complexity index is 872. The van der Waals surface area contributed by atoms with Crippen molar-refractivity contribution in [3.8, 4) is 6.07 Å². The number of carbonyl (C=O) groups excluding carboxylic acids is 1. The Labute approximate surface area is 153 Å². The van der Waals surface area contributed by atoms with Gasteiger partial charge in [-0.25, -0.2) is 0 Å². The number of hydrogen-bond donors (Lipinski definition) is 2. The average molecular weight is 349 g/mol. The predicted molar refractivity (Wildman–Crippen MR) is 102 cm³/mol. The highest BCUT2D eigenvalue weighted by Crippen LogP contribution is 2.42. The largest absolute Gasteiger partial charge is 0.378 e. The fourth-order valence-electron chi connectivity index (χ4n) is 3.55. The Morgan fingerprint density at radius 1 is 1.31 bits per heavy atom. The first-order valence-electron chi connectivity index (χ1n) is 8.83. The van der Waals surface area contributed by atoms with Crippen molar-refractivity contribution in [1.29, 1.82) is 5.26 Å². The molecule has 0 fully saturated rings. The number of nitrogens with zero attached hydrogens (tertiary/aromatic N) is 2. The van der Waals surface area contributed by atoms with Crippen molar-refractivity contribution in [2.75, 3.05) is 10.2 Å². The van der Waals surface area contributed by atoms with Crippen molar-refractivity contribution in [2.24, 2.45) is 5.92 Å². The second-order valence-electron chi connectivity index (χ2n) is 6.72. The van der Waals surface area contributed by atoms with Crippen molar-refractivity contribution in [1.82, 2.24) is 0 Å². The highest BCUT2D eigenvalue weighted by atomic mass is 16.3. The molecule has 0 aliphatic carbocycles. The molecule has 2 aromatic rings. The minimum absolute atomic E-state index is 0.212. The molecule has 3 atom stereocenters. The van der Waals surface area contributed by atoms with E-state index in [2.05, 4.69) is 30.4 Å². The summed E-state index contributed by atoms with van der Waals surface area (Å²) in [7, 11) is 0. The molecule has 0 aromatic heterocycles. The Morgan fingerprint density at radius 2 is 2.08 bits per heavy atom. The molecule has 1 heterocycles. The maximum absolute atomic E-state index is 12.1. The monoisotopic (exact) mass is 349 g/mol. The zero-order valence-corrected chi connectivity index (χ0v) is 15.2. The van der Waals surface area contributed by atoms with E-state index in [1.807, 2.05) is 19.1 Å². The van der Waals surface area contributed by atoms with Gasteiger partial charge in [0, 0.05) is 18.5 Å². The summed E-state index contributed by atoms with van der Waals surface area (Å²) in [6.07, 6.45) is 0.00541. The van der Waals surface area contributed by atoms with Crippen LogP contribution >= 0.6 is 0 Å². The van der Waals surface area contributed by atoms with Crippen LogP contribution in [0.25, 0.3) is 0 Å². The number of nitriles is 1. The van der Waals surface area contributed by atoms with E-state index in [0.717, 1.165) is 17.7 Å². The molecule has 5 nitrogen and oxygen atoms in total. The molecule has 0 saturated heterocycles. The number of aliphatic hydroxyl groups excluding tert-OH is 1. The molecule has 134 valence electrons. The lowest BCUT2D eigenvalue weighted by Crippen LogP contribution is -2.50. The van der Waals surface area contributed by atoms with Crippen LogP contribution < -0.4 is 10.2 Å². The number of aliphatic hydroxyl groups is 1. The van der Waals surface area contributed by atoms with Gasteiger partial charge in [-0.05, 0) is 47.9 Å². The van der Waals surface area contributed by atoms with E-state index >= 15 is 0 Å². The normalized spacial score (nSPS) is 21.7. The van der Waals surface area contributed by atoms with Crippen LogP contribution in [0.2, 0.25) is 0 Å². The van der Waals surface area contributed by atoms with Gasteiger partial charge in [-0.2, -0.15) is 5.26 Å². The maximum Gasteiger partial charge on any atom is 0.225 e. The van der Waals surface area contributed by atoms with E-state index in [1.165, 1.54) is 17.4 Å². The summed E-state index contributed by atoms with van der Waals surface area (Å²) in [6.45, 7) is 5.45. The van der Waals surface area contributed by atoms with Gasteiger partial charge in [-0.15, -0.1) is 0 Å². The van der Waals surface area contributed by atoms with Crippen molar-refractivity contribution < 1.29 is 9.90 Å². The van der Waals surface area contributed by atoms with E-state index in [0.29, 0.717) is 11.3 Å². The number of aryl methyl sites for hydroxylation is 1. The first kappa shape index (κ1) is 18.0. The van der Waals surface area contributed by atoms with Gasteiger partial charge in [0.25, 0.3) is 0 Å². The lowest BCUT2D eigenvalue weighted by Gasteiger charge is -2.43. The fourth-order valence-corrected chi connectivity index (χ4v) is 3.55. The quantitative estimate of drug-likeness (QED) is 0.888. The Kier molecular flexibility index (Phi) is 4.97. The van der Waals surface area contributed by atoms with Gasteiger partial charge >= 0.3 is 0 Å². The van der Waals surface area contributed by atoms with Gasteiger partial charge in [-0.1, -0.05) is 26.0 Å². The predicted octanol–water partition coefficient (Wildman–Crippen LogP) is 3.59. The van der Waals surface area contributed by atoms with Crippen LogP contribution in [0.1, 0.15) is 43.5 Å². The van der Waals surface area contributed by atoms with Crippen molar-refractivity contribution in [3.63, 3.8) is 0 Å². The van der Waals surface area contributed by atoms with Gasteiger partial charge in [0.05, 0.1) is 23.4 Å². The Morgan fingerprint density at radius 3 is 2.73 bits per heavy atom. The van der Waals surface area contributed by atoms with Crippen molar-refractivity contribution in [3.05, 3.63) is 59.2 Å². The Balaban J connectivity index is 2.08. The second-order valence-corrected chi connectivity index (χ2v) is 6.72. The number of rotatable bonds is 3. The number of benzene rings is 2. The molecule has 0 saturated carbocycles. The third-order valence-electron chi connectivity index (χ3n) is 5.01. The first-order chi connectivity index (χ1) is 12.5. The maximum atomic E-state index is 12.1. The molecule has 5 heteroatoms. The van der Waals surface area contributed by atoms with Gasteiger partial charge in [0.15, 0.2) is 0 Å². The number of hydrogen-bond acceptors (Lipinski definition) is 4. The highest BCUT2D eigenvalue weighted by Gasteiger charge is 2.39. The lowest BCUT2D eigenvalue weighted by molar-refractivity contribution is -0.119. The minimum Gasteiger partial charge on any atom is -0.378 e. The summed E-state index contributed by atoms with van der Waals surface area (Å²) in [5.41, 5.74) is 4.20. The molecule has 1 aliphatic rings. The SMILES string of the molecule is CCc1cccc(N[C@H]2c3cc(C#N)ccc3N(C(C)=O)[C@@H](O)[C@@H]2C)c1. The summed E-state index contributed by atoms with van der Waals surface area (Å²) >= 11 is 0. The average Bonchev–Trinajstić information content (AvgIpc) is 2.65. The molecule has 26 heavy (non-hydrogen) atoms. The molecular weight excluding hydrogens is 326 g/mol. The molecule has 2 aromatic carbocycles. The lowest BCUT2D eigenvalue weighted by atomic mass is 9.85. The second kappa shape index (κ2) is 7.19. The molecule has 0 spiro atoms. The summed E-state index contributed by atoms with van der Waals surface area (Å²) in [5, 5.41) is 23.5. The summed E-state index contributed by atoms with van der Waals surface area (Å²) in [5.74, 6) is -0.465. The smallest absolute Gasteiger partial charge is 0.225 e. The molecule has 2 N–H and O–H groups in total. The van der Waals surface area contributed by atoms with Crippen molar-refractivity contribution >= 4 is 17.3 Å². The van der Waals surface area contributed by atoms with E-state index in [4.69, 9.17) is 0 Å². The molecule has 1 amide bonds. The van der Waals surface area contributed by atoms with Crippen LogP contribution in [0.5, 0.6) is 0 Å². The van der Waals surface area contributed by atoms with Crippen LogP contribution in [0.4, 0.5) is 11.4 Å². The number of fused-ring (bicyclic) bond motifs is 1. The van der Waals surface area contributed by atoms with E-state index in [-0.39, 0.29) is 17.9 Å². The number of carbonyl (C=O) groups is 1. The summed E-state index contributed by atoms with van der Waals surface area (Å²) in [4.78, 5) is 13.5. The zero-order valence-electron chi connectivity index (χ0n) is 15.2. The minimum atomic E-state index is -0.931. The fraction of sp³-hybridized carbons (Fsp3) is 0.333. The van der Waals surface area contributed by atoms with Gasteiger partial charge < -0.3 is 10.4 Å². The van der Waals surface area contributed by atoms with Gasteiger partial charge in [0.2, 0.25) is 5.91 Å². The third kappa shape index (κ3) is 3.16. The van der Waals surface area contributed by atoms with Crippen LogP contribution in [0, 0.1) is 17.2 Å². The first-order valence-corrected chi connectivity index (χ1v) is 8.83. The molecule has 0 bridgehead atoms. The van der Waals surface area contributed by atoms with E-state index < -0.39 is 6.23 Å². The summed E-state index contributed by atoms with van der Waals surface area (Å²) in [6, 6.07) is 15.3. The molecule has 3 rings (SSSR count).